The van der Waals surface area contributed by atoms with Gasteiger partial charge in [-0.1, -0.05) is 35.7 Å². The second-order valence-electron chi connectivity index (χ2n) is 4.36. The predicted octanol–water partition coefficient (Wildman–Crippen LogP) is 4.07. The van der Waals surface area contributed by atoms with E-state index in [-0.39, 0.29) is 12.4 Å². The largest absolute Gasteiger partial charge is 0.375 e. The fourth-order valence-corrected chi connectivity index (χ4v) is 2.55. The monoisotopic (exact) mass is 309 g/mol. The maximum Gasteiger partial charge on any atom is 0.0746 e. The van der Waals surface area contributed by atoms with Gasteiger partial charge in [-0.15, -0.1) is 12.4 Å². The van der Waals surface area contributed by atoms with E-state index in [2.05, 4.69) is 5.32 Å². The maximum absolute atomic E-state index is 6.07. The van der Waals surface area contributed by atoms with Crippen LogP contribution in [0.5, 0.6) is 0 Å². The van der Waals surface area contributed by atoms with Gasteiger partial charge in [0.05, 0.1) is 13.2 Å². The zero-order chi connectivity index (χ0) is 12.1. The van der Waals surface area contributed by atoms with Gasteiger partial charge in [0.15, 0.2) is 0 Å². The third-order valence-corrected chi connectivity index (χ3v) is 3.75. The SMILES string of the molecule is Cl.Clc1cccc(Cl)c1COCC1CCCCN1. The van der Waals surface area contributed by atoms with Crippen molar-refractivity contribution in [3.05, 3.63) is 33.8 Å². The van der Waals surface area contributed by atoms with Crippen molar-refractivity contribution in [2.45, 2.75) is 31.9 Å². The van der Waals surface area contributed by atoms with Crippen molar-refractivity contribution >= 4 is 35.6 Å². The summed E-state index contributed by atoms with van der Waals surface area (Å²) in [5, 5.41) is 4.79. The molecular weight excluding hydrogens is 293 g/mol. The summed E-state index contributed by atoms with van der Waals surface area (Å²) >= 11 is 12.1. The maximum atomic E-state index is 6.07. The van der Waals surface area contributed by atoms with Gasteiger partial charge in [-0.3, -0.25) is 0 Å². The van der Waals surface area contributed by atoms with Gasteiger partial charge in [0, 0.05) is 21.7 Å². The molecule has 0 radical (unpaired) electrons. The zero-order valence-corrected chi connectivity index (χ0v) is 12.5. The summed E-state index contributed by atoms with van der Waals surface area (Å²) in [6, 6.07) is 6.00. The molecule has 0 aliphatic carbocycles. The lowest BCUT2D eigenvalue weighted by Crippen LogP contribution is -2.37. The number of hydrogen-bond acceptors (Lipinski definition) is 2. The zero-order valence-electron chi connectivity index (χ0n) is 10.1. The van der Waals surface area contributed by atoms with Gasteiger partial charge in [-0.2, -0.15) is 0 Å². The van der Waals surface area contributed by atoms with E-state index in [0.717, 1.165) is 18.7 Å². The third kappa shape index (κ3) is 4.60. The highest BCUT2D eigenvalue weighted by atomic mass is 35.5. The second kappa shape index (κ2) is 8.23. The molecule has 1 aliphatic rings. The quantitative estimate of drug-likeness (QED) is 0.905. The number of benzene rings is 1. The first-order valence-electron chi connectivity index (χ1n) is 6.01. The standard InChI is InChI=1S/C13H17Cl2NO.ClH/c14-12-5-3-6-13(15)11(12)9-17-8-10-4-1-2-7-16-10;/h3,5-6,10,16H,1-2,4,7-9H2;1H. The van der Waals surface area contributed by atoms with Crippen LogP contribution in [0.1, 0.15) is 24.8 Å². The lowest BCUT2D eigenvalue weighted by atomic mass is 10.1. The molecule has 1 aromatic rings. The van der Waals surface area contributed by atoms with E-state index in [4.69, 9.17) is 27.9 Å². The Bertz CT molecular complexity index is 347. The summed E-state index contributed by atoms with van der Waals surface area (Å²) in [7, 11) is 0. The average molecular weight is 311 g/mol. The lowest BCUT2D eigenvalue weighted by molar-refractivity contribution is 0.0912. The van der Waals surface area contributed by atoms with E-state index in [1.165, 1.54) is 19.3 Å². The van der Waals surface area contributed by atoms with E-state index >= 15 is 0 Å². The Labute approximate surface area is 124 Å². The van der Waals surface area contributed by atoms with E-state index < -0.39 is 0 Å². The molecule has 18 heavy (non-hydrogen) atoms. The van der Waals surface area contributed by atoms with Crippen molar-refractivity contribution in [1.29, 1.82) is 0 Å². The number of nitrogens with one attached hydrogen (secondary N) is 1. The second-order valence-corrected chi connectivity index (χ2v) is 5.18. The summed E-state index contributed by atoms with van der Waals surface area (Å²) < 4.78 is 5.69. The molecule has 0 saturated carbocycles. The Morgan fingerprint density at radius 1 is 1.22 bits per heavy atom. The first-order chi connectivity index (χ1) is 8.27. The van der Waals surface area contributed by atoms with Crippen molar-refractivity contribution in [3.63, 3.8) is 0 Å². The molecule has 1 atom stereocenters. The van der Waals surface area contributed by atoms with Crippen LogP contribution in [0.3, 0.4) is 0 Å². The first-order valence-corrected chi connectivity index (χ1v) is 6.77. The molecule has 1 aromatic carbocycles. The van der Waals surface area contributed by atoms with Gasteiger partial charge < -0.3 is 10.1 Å². The van der Waals surface area contributed by atoms with Crippen LogP contribution in [0, 0.1) is 0 Å². The Kier molecular flexibility index (Phi) is 7.35. The molecule has 0 spiro atoms. The molecule has 1 unspecified atom stereocenters. The van der Waals surface area contributed by atoms with Crippen LogP contribution >= 0.6 is 35.6 Å². The minimum absolute atomic E-state index is 0. The van der Waals surface area contributed by atoms with Crippen molar-refractivity contribution in [2.24, 2.45) is 0 Å². The Morgan fingerprint density at radius 2 is 1.94 bits per heavy atom. The van der Waals surface area contributed by atoms with Crippen molar-refractivity contribution in [3.8, 4) is 0 Å². The highest BCUT2D eigenvalue weighted by molar-refractivity contribution is 6.35. The van der Waals surface area contributed by atoms with Gasteiger partial charge in [0.2, 0.25) is 0 Å². The van der Waals surface area contributed by atoms with E-state index in [9.17, 15) is 0 Å². The van der Waals surface area contributed by atoms with Crippen molar-refractivity contribution < 1.29 is 4.74 Å². The summed E-state index contributed by atoms with van der Waals surface area (Å²) in [6.45, 7) is 2.30. The molecule has 1 N–H and O–H groups in total. The minimum Gasteiger partial charge on any atom is -0.375 e. The fraction of sp³-hybridized carbons (Fsp3) is 0.538. The summed E-state index contributed by atoms with van der Waals surface area (Å²) in [6.07, 6.45) is 3.75. The van der Waals surface area contributed by atoms with E-state index in [0.29, 0.717) is 22.7 Å². The molecule has 1 heterocycles. The number of halogens is 3. The van der Waals surface area contributed by atoms with E-state index in [1.54, 1.807) is 0 Å². The molecule has 1 aliphatic heterocycles. The summed E-state index contributed by atoms with van der Waals surface area (Å²) in [5.74, 6) is 0. The van der Waals surface area contributed by atoms with E-state index in [1.807, 2.05) is 18.2 Å². The van der Waals surface area contributed by atoms with Gasteiger partial charge in [-0.25, -0.2) is 0 Å². The van der Waals surface area contributed by atoms with Crippen LogP contribution in [0.25, 0.3) is 0 Å². The topological polar surface area (TPSA) is 21.3 Å². The average Bonchev–Trinajstić information content (AvgIpc) is 2.34. The smallest absolute Gasteiger partial charge is 0.0746 e. The van der Waals surface area contributed by atoms with Crippen LogP contribution < -0.4 is 5.32 Å². The molecule has 0 aromatic heterocycles. The van der Waals surface area contributed by atoms with Gasteiger partial charge in [0.1, 0.15) is 0 Å². The van der Waals surface area contributed by atoms with Gasteiger partial charge in [-0.05, 0) is 31.5 Å². The molecule has 1 fully saturated rings. The highest BCUT2D eigenvalue weighted by Crippen LogP contribution is 2.25. The molecule has 2 rings (SSSR count). The third-order valence-electron chi connectivity index (χ3n) is 3.04. The predicted molar refractivity (Wildman–Crippen MR) is 79.0 cm³/mol. The Balaban J connectivity index is 0.00000162. The number of rotatable bonds is 4. The highest BCUT2D eigenvalue weighted by Gasteiger charge is 2.13. The van der Waals surface area contributed by atoms with Crippen LogP contribution in [-0.2, 0) is 11.3 Å². The molecule has 0 amide bonds. The summed E-state index contributed by atoms with van der Waals surface area (Å²) in [4.78, 5) is 0. The van der Waals surface area contributed by atoms with Crippen LogP contribution in [-0.4, -0.2) is 19.2 Å². The van der Waals surface area contributed by atoms with Crippen LogP contribution in [0.2, 0.25) is 10.0 Å². The van der Waals surface area contributed by atoms with Gasteiger partial charge in [0.25, 0.3) is 0 Å². The minimum atomic E-state index is 0. The van der Waals surface area contributed by atoms with Crippen molar-refractivity contribution in [2.75, 3.05) is 13.2 Å². The molecule has 5 heteroatoms. The number of piperidine rings is 1. The molecular formula is C13H18Cl3NO. The lowest BCUT2D eigenvalue weighted by Gasteiger charge is -2.23. The normalized spacial score (nSPS) is 19.3. The molecule has 0 bridgehead atoms. The van der Waals surface area contributed by atoms with Crippen molar-refractivity contribution in [1.82, 2.24) is 5.32 Å². The molecule has 1 saturated heterocycles. The fourth-order valence-electron chi connectivity index (χ4n) is 2.04. The number of hydrogen-bond donors (Lipinski definition) is 1. The Morgan fingerprint density at radius 3 is 2.56 bits per heavy atom. The Hall–Kier alpha value is 0.01000. The van der Waals surface area contributed by atoms with Crippen LogP contribution in [0.4, 0.5) is 0 Å². The summed E-state index contributed by atoms with van der Waals surface area (Å²) in [5.41, 5.74) is 0.881. The van der Waals surface area contributed by atoms with Crippen LogP contribution in [0.15, 0.2) is 18.2 Å². The number of ether oxygens (including phenoxy) is 1. The van der Waals surface area contributed by atoms with Gasteiger partial charge >= 0.3 is 0 Å². The first kappa shape index (κ1) is 16.1. The molecule has 102 valence electrons. The molecule has 2 nitrogen and oxygen atoms in total.